The van der Waals surface area contributed by atoms with Crippen LogP contribution in [-0.4, -0.2) is 11.0 Å². The number of carbonyl (C=O) groups excluding carboxylic acids is 1. The maximum absolute atomic E-state index is 12.1. The number of hydrogen-bond acceptors (Lipinski definition) is 2. The Hall–Kier alpha value is -1.52. The van der Waals surface area contributed by atoms with Crippen molar-refractivity contribution in [2.45, 2.75) is 13.0 Å². The molecule has 0 saturated carbocycles. The van der Waals surface area contributed by atoms with Crippen LogP contribution < -0.4 is 5.32 Å². The number of rotatable bonds is 3. The molecule has 2 aromatic rings. The Morgan fingerprint density at radius 3 is 2.50 bits per heavy atom. The van der Waals surface area contributed by atoms with Crippen LogP contribution in [0.5, 0.6) is 5.75 Å². The summed E-state index contributed by atoms with van der Waals surface area (Å²) >= 11 is 9.06. The minimum absolute atomic E-state index is 0.0554. The van der Waals surface area contributed by atoms with E-state index in [9.17, 15) is 9.90 Å². The van der Waals surface area contributed by atoms with E-state index in [1.54, 1.807) is 24.3 Å². The number of hydrogen-bond donors (Lipinski definition) is 2. The standard InChI is InChI=1S/C15H13BrClNO2/c1-9(10-2-5-12(17)6-3-10)18-15(20)13-7-4-11(16)8-14(13)19/h2-9,19H,1H3,(H,18,20). The van der Waals surface area contributed by atoms with Crippen molar-refractivity contribution in [2.75, 3.05) is 0 Å². The molecule has 1 unspecified atom stereocenters. The van der Waals surface area contributed by atoms with Crippen molar-refractivity contribution in [3.05, 3.63) is 63.1 Å². The van der Waals surface area contributed by atoms with Gasteiger partial charge in [-0.15, -0.1) is 0 Å². The molecule has 1 atom stereocenters. The number of halogens is 2. The van der Waals surface area contributed by atoms with Gasteiger partial charge in [0.2, 0.25) is 0 Å². The highest BCUT2D eigenvalue weighted by molar-refractivity contribution is 9.10. The van der Waals surface area contributed by atoms with Crippen molar-refractivity contribution in [3.63, 3.8) is 0 Å². The van der Waals surface area contributed by atoms with Crippen LogP contribution >= 0.6 is 27.5 Å². The Kier molecular flexibility index (Phi) is 4.68. The Morgan fingerprint density at radius 1 is 1.25 bits per heavy atom. The van der Waals surface area contributed by atoms with Crippen molar-refractivity contribution < 1.29 is 9.90 Å². The zero-order valence-electron chi connectivity index (χ0n) is 10.7. The molecule has 0 saturated heterocycles. The van der Waals surface area contributed by atoms with Gasteiger partial charge in [-0.05, 0) is 42.8 Å². The second-order valence-electron chi connectivity index (χ2n) is 4.41. The molecular weight excluding hydrogens is 342 g/mol. The molecule has 0 heterocycles. The van der Waals surface area contributed by atoms with E-state index in [-0.39, 0.29) is 23.3 Å². The molecule has 2 rings (SSSR count). The van der Waals surface area contributed by atoms with E-state index in [0.717, 1.165) is 10.0 Å². The summed E-state index contributed by atoms with van der Waals surface area (Å²) in [5.41, 5.74) is 1.19. The molecule has 104 valence electrons. The summed E-state index contributed by atoms with van der Waals surface area (Å²) in [5.74, 6) is -0.377. The van der Waals surface area contributed by atoms with Gasteiger partial charge in [0.15, 0.2) is 0 Å². The molecule has 0 spiro atoms. The van der Waals surface area contributed by atoms with Crippen molar-refractivity contribution in [1.29, 1.82) is 0 Å². The lowest BCUT2D eigenvalue weighted by atomic mass is 10.1. The van der Waals surface area contributed by atoms with Crippen LogP contribution in [0.4, 0.5) is 0 Å². The van der Waals surface area contributed by atoms with Gasteiger partial charge in [0.25, 0.3) is 5.91 Å². The predicted molar refractivity (Wildman–Crippen MR) is 83.1 cm³/mol. The second kappa shape index (κ2) is 6.29. The van der Waals surface area contributed by atoms with E-state index in [4.69, 9.17) is 11.6 Å². The largest absolute Gasteiger partial charge is 0.507 e. The van der Waals surface area contributed by atoms with Gasteiger partial charge in [0.05, 0.1) is 11.6 Å². The molecule has 0 aromatic heterocycles. The highest BCUT2D eigenvalue weighted by atomic mass is 79.9. The Balaban J connectivity index is 2.13. The first-order valence-electron chi connectivity index (χ1n) is 6.02. The topological polar surface area (TPSA) is 49.3 Å². The fraction of sp³-hybridized carbons (Fsp3) is 0.133. The third kappa shape index (κ3) is 3.52. The van der Waals surface area contributed by atoms with E-state index in [0.29, 0.717) is 5.02 Å². The molecule has 20 heavy (non-hydrogen) atoms. The van der Waals surface area contributed by atoms with Crippen LogP contribution in [-0.2, 0) is 0 Å². The van der Waals surface area contributed by atoms with Crippen LogP contribution in [0.1, 0.15) is 28.9 Å². The van der Waals surface area contributed by atoms with Crippen molar-refractivity contribution in [2.24, 2.45) is 0 Å². The van der Waals surface area contributed by atoms with Crippen LogP contribution in [0.15, 0.2) is 46.9 Å². The minimum atomic E-state index is -0.322. The molecule has 0 aliphatic carbocycles. The van der Waals surface area contributed by atoms with Crippen LogP contribution in [0.3, 0.4) is 0 Å². The fourth-order valence-corrected chi connectivity index (χ4v) is 2.28. The van der Waals surface area contributed by atoms with Gasteiger partial charge in [-0.1, -0.05) is 39.7 Å². The van der Waals surface area contributed by atoms with Gasteiger partial charge in [0.1, 0.15) is 5.75 Å². The van der Waals surface area contributed by atoms with E-state index in [2.05, 4.69) is 21.2 Å². The monoisotopic (exact) mass is 353 g/mol. The number of aromatic hydroxyl groups is 1. The minimum Gasteiger partial charge on any atom is -0.507 e. The molecule has 3 nitrogen and oxygen atoms in total. The van der Waals surface area contributed by atoms with Gasteiger partial charge in [-0.25, -0.2) is 0 Å². The third-order valence-electron chi connectivity index (χ3n) is 2.92. The Morgan fingerprint density at radius 2 is 1.90 bits per heavy atom. The molecule has 5 heteroatoms. The number of phenolic OH excluding ortho intramolecular Hbond substituents is 1. The van der Waals surface area contributed by atoms with Crippen molar-refractivity contribution in [3.8, 4) is 5.75 Å². The van der Waals surface area contributed by atoms with Crippen molar-refractivity contribution >= 4 is 33.4 Å². The average Bonchev–Trinajstić information content (AvgIpc) is 2.39. The quantitative estimate of drug-likeness (QED) is 0.863. The normalized spacial score (nSPS) is 11.9. The van der Waals surface area contributed by atoms with Crippen LogP contribution in [0, 0.1) is 0 Å². The summed E-state index contributed by atoms with van der Waals surface area (Å²) < 4.78 is 0.720. The molecule has 0 fully saturated rings. The summed E-state index contributed by atoms with van der Waals surface area (Å²) in [6.45, 7) is 1.87. The number of nitrogens with one attached hydrogen (secondary N) is 1. The second-order valence-corrected chi connectivity index (χ2v) is 5.76. The Labute approximate surface area is 130 Å². The molecule has 2 N–H and O–H groups in total. The van der Waals surface area contributed by atoms with Crippen molar-refractivity contribution in [1.82, 2.24) is 5.32 Å². The molecule has 2 aromatic carbocycles. The first-order chi connectivity index (χ1) is 9.47. The van der Waals surface area contributed by atoms with E-state index < -0.39 is 0 Å². The van der Waals surface area contributed by atoms with Crippen LogP contribution in [0.25, 0.3) is 0 Å². The average molecular weight is 355 g/mol. The maximum atomic E-state index is 12.1. The lowest BCUT2D eigenvalue weighted by Gasteiger charge is -2.15. The van der Waals surface area contributed by atoms with E-state index >= 15 is 0 Å². The van der Waals surface area contributed by atoms with E-state index in [1.165, 1.54) is 6.07 Å². The van der Waals surface area contributed by atoms with Gasteiger partial charge < -0.3 is 10.4 Å². The molecule has 1 amide bonds. The highest BCUT2D eigenvalue weighted by Crippen LogP contribution is 2.23. The lowest BCUT2D eigenvalue weighted by Crippen LogP contribution is -2.26. The molecule has 0 aliphatic heterocycles. The molecule has 0 bridgehead atoms. The fourth-order valence-electron chi connectivity index (χ4n) is 1.81. The molecule has 0 radical (unpaired) electrons. The van der Waals surface area contributed by atoms with Gasteiger partial charge in [0, 0.05) is 9.50 Å². The summed E-state index contributed by atoms with van der Waals surface area (Å²) in [6, 6.07) is 11.9. The number of phenols is 1. The maximum Gasteiger partial charge on any atom is 0.255 e. The molecular formula is C15H13BrClNO2. The number of benzene rings is 2. The summed E-state index contributed by atoms with van der Waals surface area (Å²) in [4.78, 5) is 12.1. The smallest absolute Gasteiger partial charge is 0.255 e. The first-order valence-corrected chi connectivity index (χ1v) is 7.19. The zero-order valence-corrected chi connectivity index (χ0v) is 13.1. The summed E-state index contributed by atoms with van der Waals surface area (Å²) in [5, 5.41) is 13.3. The van der Waals surface area contributed by atoms with Crippen LogP contribution in [0.2, 0.25) is 5.02 Å². The predicted octanol–water partition coefficient (Wildman–Crippen LogP) is 4.30. The zero-order chi connectivity index (χ0) is 14.7. The summed E-state index contributed by atoms with van der Waals surface area (Å²) in [6.07, 6.45) is 0. The van der Waals surface area contributed by atoms with Gasteiger partial charge in [-0.3, -0.25) is 4.79 Å². The number of amides is 1. The third-order valence-corrected chi connectivity index (χ3v) is 3.67. The highest BCUT2D eigenvalue weighted by Gasteiger charge is 2.14. The lowest BCUT2D eigenvalue weighted by molar-refractivity contribution is 0.0937. The summed E-state index contributed by atoms with van der Waals surface area (Å²) in [7, 11) is 0. The van der Waals surface area contributed by atoms with Gasteiger partial charge >= 0.3 is 0 Å². The van der Waals surface area contributed by atoms with E-state index in [1.807, 2.05) is 19.1 Å². The Bertz CT molecular complexity index is 628. The van der Waals surface area contributed by atoms with Gasteiger partial charge in [-0.2, -0.15) is 0 Å². The molecule has 0 aliphatic rings. The SMILES string of the molecule is CC(NC(=O)c1ccc(Br)cc1O)c1ccc(Cl)cc1. The first kappa shape index (κ1) is 14.9. The number of carbonyl (C=O) groups is 1.